The molecule has 2 aliphatic carbocycles. The average molecular weight is 556 g/mol. The first-order valence-corrected chi connectivity index (χ1v) is 13.4. The monoisotopic (exact) mass is 555 g/mol. The van der Waals surface area contributed by atoms with E-state index < -0.39 is 56.3 Å². The van der Waals surface area contributed by atoms with Crippen LogP contribution in [-0.4, -0.2) is 42.8 Å². The number of hydrogen-bond donors (Lipinski definition) is 2. The Bertz CT molecular complexity index is 1370. The Kier molecular flexibility index (Phi) is 6.87. The van der Waals surface area contributed by atoms with E-state index in [-0.39, 0.29) is 30.8 Å². The number of sulfonamides is 1. The largest absolute Gasteiger partial charge is 0.477 e. The van der Waals surface area contributed by atoms with E-state index in [1.54, 1.807) is 45.9 Å². The molecule has 0 aliphatic heterocycles. The summed E-state index contributed by atoms with van der Waals surface area (Å²) in [5, 5.41) is 1.80. The third-order valence-electron chi connectivity index (χ3n) is 6.06. The quantitative estimate of drug-likeness (QED) is 0.502. The van der Waals surface area contributed by atoms with Crippen LogP contribution in [0.5, 0.6) is 5.75 Å². The van der Waals surface area contributed by atoms with Gasteiger partial charge < -0.3 is 9.47 Å². The van der Waals surface area contributed by atoms with Crippen molar-refractivity contribution in [3.05, 3.63) is 47.5 Å². The highest BCUT2D eigenvalue weighted by Crippen LogP contribution is 2.58. The Balaban J connectivity index is 1.48. The number of rotatable bonds is 7. The lowest BCUT2D eigenvalue weighted by atomic mass is 10.0. The lowest BCUT2D eigenvalue weighted by molar-refractivity contribution is -0.148. The maximum absolute atomic E-state index is 13.2. The molecule has 1 heterocycles. The van der Waals surface area contributed by atoms with Gasteiger partial charge >= 0.3 is 12.3 Å². The summed E-state index contributed by atoms with van der Waals surface area (Å²) in [5.41, 5.74) is -1.27. The molecule has 0 bridgehead atoms. The molecule has 2 saturated carbocycles. The second-order valence-electron chi connectivity index (χ2n) is 10.6. The number of pyridine rings is 1. The fourth-order valence-corrected chi connectivity index (χ4v) is 4.96. The van der Waals surface area contributed by atoms with Crippen LogP contribution in [0.1, 0.15) is 57.1 Å². The molecule has 2 atom stereocenters. The lowest BCUT2D eigenvalue weighted by Crippen LogP contribution is -2.43. The van der Waals surface area contributed by atoms with Gasteiger partial charge in [0.2, 0.25) is 0 Å². The van der Waals surface area contributed by atoms with E-state index >= 15 is 0 Å². The van der Waals surface area contributed by atoms with Crippen LogP contribution in [0.3, 0.4) is 0 Å². The zero-order valence-electron chi connectivity index (χ0n) is 21.2. The van der Waals surface area contributed by atoms with Gasteiger partial charge in [-0.15, -0.1) is 0 Å². The number of alkyl halides is 3. The van der Waals surface area contributed by atoms with E-state index in [0.29, 0.717) is 5.56 Å². The summed E-state index contributed by atoms with van der Waals surface area (Å²) in [4.78, 5) is 28.9. The zero-order valence-corrected chi connectivity index (χ0v) is 22.0. The number of carbonyl (C=O) groups is 2. The number of nitrogens with zero attached hydrogens (tertiary/aromatic N) is 1. The third-order valence-corrected chi connectivity index (χ3v) is 7.29. The van der Waals surface area contributed by atoms with Crippen LogP contribution in [0.25, 0.3) is 0 Å². The summed E-state index contributed by atoms with van der Waals surface area (Å²) >= 11 is 0. The maximum Gasteiger partial charge on any atom is 0.413 e. The molecule has 13 heteroatoms. The zero-order chi connectivity index (χ0) is 28.1. The van der Waals surface area contributed by atoms with Gasteiger partial charge in [0.15, 0.2) is 10.6 Å². The minimum absolute atomic E-state index is 0.0736. The van der Waals surface area contributed by atoms with Crippen LogP contribution >= 0.6 is 0 Å². The molecule has 2 amide bonds. The van der Waals surface area contributed by atoms with Crippen molar-refractivity contribution in [3.63, 3.8) is 0 Å². The molecule has 2 aromatic rings. The summed E-state index contributed by atoms with van der Waals surface area (Å²) in [6.07, 6.45) is -4.89. The Morgan fingerprint density at radius 2 is 1.79 bits per heavy atom. The minimum Gasteiger partial charge on any atom is -0.477 e. The van der Waals surface area contributed by atoms with Crippen LogP contribution < -0.4 is 14.8 Å². The van der Waals surface area contributed by atoms with Gasteiger partial charge in [-0.3, -0.25) is 10.1 Å². The second kappa shape index (κ2) is 9.44. The number of amides is 2. The molecular formula is C25H28F3N3O6S. The molecule has 1 aromatic heterocycles. The van der Waals surface area contributed by atoms with Crippen molar-refractivity contribution in [2.24, 2.45) is 5.92 Å². The van der Waals surface area contributed by atoms with Gasteiger partial charge in [-0.25, -0.2) is 14.5 Å². The molecule has 206 valence electrons. The fourth-order valence-electron chi connectivity index (χ4n) is 3.95. The SMILES string of the molecule is Cc1ccc([C@@H]2C[C@H]2C(F)(F)F)c(OC2(C(=O)NS(=O)(=O)c3cccc(NC(=O)OC(C)(C)C)n3)CC2)c1. The molecular weight excluding hydrogens is 527 g/mol. The molecule has 0 spiro atoms. The summed E-state index contributed by atoms with van der Waals surface area (Å²) in [7, 11) is -4.47. The molecule has 4 rings (SSSR count). The first-order chi connectivity index (χ1) is 17.5. The second-order valence-corrected chi connectivity index (χ2v) is 12.2. The predicted molar refractivity (Wildman–Crippen MR) is 130 cm³/mol. The molecule has 0 radical (unpaired) electrons. The Labute approximate surface area is 218 Å². The summed E-state index contributed by atoms with van der Waals surface area (Å²) in [6, 6.07) is 8.59. The first-order valence-electron chi connectivity index (χ1n) is 11.9. The smallest absolute Gasteiger partial charge is 0.413 e. The van der Waals surface area contributed by atoms with Crippen molar-refractivity contribution in [1.82, 2.24) is 9.71 Å². The Hall–Kier alpha value is -3.35. The van der Waals surface area contributed by atoms with Crippen molar-refractivity contribution in [2.45, 2.75) is 75.3 Å². The minimum atomic E-state index is -4.47. The fraction of sp³-hybridized carbons (Fsp3) is 0.480. The highest BCUT2D eigenvalue weighted by molar-refractivity contribution is 7.90. The van der Waals surface area contributed by atoms with Gasteiger partial charge in [0.05, 0.1) is 5.92 Å². The standard InChI is InChI=1S/C25H28F3N3O6S/c1-14-8-9-15(16-13-17(16)25(26,27)28)18(12-14)36-24(10-11-24)21(32)31-38(34,35)20-7-5-6-19(29-20)30-22(33)37-23(2,3)4/h5-9,12,16-17H,10-11,13H2,1-4H3,(H,31,32)(H,29,30,33)/t16-,17+/m0/s1. The Morgan fingerprint density at radius 3 is 2.37 bits per heavy atom. The van der Waals surface area contributed by atoms with E-state index in [1.807, 2.05) is 4.72 Å². The molecule has 1 aromatic carbocycles. The lowest BCUT2D eigenvalue weighted by Gasteiger charge is -2.21. The maximum atomic E-state index is 13.2. The molecule has 2 aliphatic rings. The van der Waals surface area contributed by atoms with Crippen LogP contribution in [0.2, 0.25) is 0 Å². The number of halogens is 3. The van der Waals surface area contributed by atoms with E-state index in [0.717, 1.165) is 11.6 Å². The molecule has 2 N–H and O–H groups in total. The van der Waals surface area contributed by atoms with E-state index in [4.69, 9.17) is 9.47 Å². The number of benzene rings is 1. The molecule has 0 unspecified atom stereocenters. The summed E-state index contributed by atoms with van der Waals surface area (Å²) in [6.45, 7) is 6.71. The van der Waals surface area contributed by atoms with E-state index in [2.05, 4.69) is 10.3 Å². The molecule has 2 fully saturated rings. The van der Waals surface area contributed by atoms with Crippen LogP contribution in [0.15, 0.2) is 41.4 Å². The van der Waals surface area contributed by atoms with Gasteiger partial charge in [-0.1, -0.05) is 18.2 Å². The van der Waals surface area contributed by atoms with Crippen LogP contribution in [0.4, 0.5) is 23.8 Å². The van der Waals surface area contributed by atoms with E-state index in [9.17, 15) is 31.2 Å². The van der Waals surface area contributed by atoms with Gasteiger partial charge in [-0.05, 0) is 69.4 Å². The number of carbonyl (C=O) groups excluding carboxylic acids is 2. The van der Waals surface area contributed by atoms with Crippen LogP contribution in [-0.2, 0) is 19.6 Å². The molecule has 9 nitrogen and oxygen atoms in total. The van der Waals surface area contributed by atoms with Crippen molar-refractivity contribution in [2.75, 3.05) is 5.32 Å². The Morgan fingerprint density at radius 1 is 1.11 bits per heavy atom. The van der Waals surface area contributed by atoms with Crippen molar-refractivity contribution < 1.29 is 40.7 Å². The topological polar surface area (TPSA) is 124 Å². The number of aryl methyl sites for hydroxylation is 1. The van der Waals surface area contributed by atoms with Gasteiger partial charge in [-0.2, -0.15) is 21.6 Å². The average Bonchev–Trinajstić information content (AvgIpc) is 3.67. The van der Waals surface area contributed by atoms with Gasteiger partial charge in [0.1, 0.15) is 17.2 Å². The third kappa shape index (κ3) is 6.37. The normalized spacial score (nSPS) is 20.3. The van der Waals surface area contributed by atoms with Gasteiger partial charge in [0.25, 0.3) is 15.9 Å². The van der Waals surface area contributed by atoms with E-state index in [1.165, 1.54) is 12.1 Å². The first kappa shape index (κ1) is 27.7. The number of anilines is 1. The highest BCUT2D eigenvalue weighted by atomic mass is 32.2. The predicted octanol–water partition coefficient (Wildman–Crippen LogP) is 4.82. The number of ether oxygens (including phenoxy) is 2. The number of nitrogens with one attached hydrogen (secondary N) is 2. The summed E-state index contributed by atoms with van der Waals surface area (Å²) in [5.74, 6) is -3.20. The van der Waals surface area contributed by atoms with Crippen molar-refractivity contribution in [1.29, 1.82) is 0 Å². The molecule has 38 heavy (non-hydrogen) atoms. The highest BCUT2D eigenvalue weighted by Gasteiger charge is 2.58. The number of hydrogen-bond acceptors (Lipinski definition) is 7. The van der Waals surface area contributed by atoms with Crippen molar-refractivity contribution >= 4 is 27.8 Å². The van der Waals surface area contributed by atoms with Crippen LogP contribution in [0, 0.1) is 12.8 Å². The summed E-state index contributed by atoms with van der Waals surface area (Å²) < 4.78 is 78.3. The van der Waals surface area contributed by atoms with Crippen molar-refractivity contribution in [3.8, 4) is 5.75 Å². The van der Waals surface area contributed by atoms with Gasteiger partial charge in [0, 0.05) is 12.8 Å². The number of aromatic nitrogens is 1. The molecule has 0 saturated heterocycles.